The highest BCUT2D eigenvalue weighted by Gasteiger charge is 2.09. The van der Waals surface area contributed by atoms with Gasteiger partial charge in [-0.1, -0.05) is 0 Å². The number of benzene rings is 1. The first-order valence-electron chi connectivity index (χ1n) is 5.96. The van der Waals surface area contributed by atoms with Crippen LogP contribution in [0.5, 0.6) is 5.75 Å². The lowest BCUT2D eigenvalue weighted by Crippen LogP contribution is -2.06. The van der Waals surface area contributed by atoms with Crippen molar-refractivity contribution in [3.63, 3.8) is 0 Å². The lowest BCUT2D eigenvalue weighted by atomic mass is 10.3. The summed E-state index contributed by atoms with van der Waals surface area (Å²) in [5.41, 5.74) is 6.61. The third-order valence-electron chi connectivity index (χ3n) is 2.85. The van der Waals surface area contributed by atoms with Gasteiger partial charge in [0.2, 0.25) is 0 Å². The van der Waals surface area contributed by atoms with E-state index in [1.165, 1.54) is 0 Å². The second-order valence-corrected chi connectivity index (χ2v) is 5.52. The molecule has 0 saturated heterocycles. The number of aryl methyl sites for hydroxylation is 1. The Bertz CT molecular complexity index is 753. The SMILES string of the molecule is Cn1ncc2c(N)nc(COc3ccc(I)cc3)nc21. The molecule has 0 aliphatic rings. The van der Waals surface area contributed by atoms with Crippen LogP contribution in [0.1, 0.15) is 5.82 Å². The Morgan fingerprint density at radius 2 is 2.00 bits per heavy atom. The summed E-state index contributed by atoms with van der Waals surface area (Å²) >= 11 is 2.25. The van der Waals surface area contributed by atoms with E-state index in [1.54, 1.807) is 10.9 Å². The standard InChI is InChI=1S/C13H12IN5O/c1-19-13-10(6-16-19)12(15)17-11(18-13)7-20-9-4-2-8(14)3-5-9/h2-6H,7H2,1H3,(H2,15,17,18). The summed E-state index contributed by atoms with van der Waals surface area (Å²) in [6, 6.07) is 7.78. The third kappa shape index (κ3) is 2.53. The van der Waals surface area contributed by atoms with Crippen LogP contribution in [0.3, 0.4) is 0 Å². The predicted octanol–water partition coefficient (Wildman–Crippen LogP) is 2.13. The Kier molecular flexibility index (Phi) is 3.43. The summed E-state index contributed by atoms with van der Waals surface area (Å²) in [6.07, 6.45) is 1.66. The zero-order chi connectivity index (χ0) is 14.1. The number of anilines is 1. The highest BCUT2D eigenvalue weighted by molar-refractivity contribution is 14.1. The molecule has 0 saturated carbocycles. The maximum absolute atomic E-state index is 5.90. The van der Waals surface area contributed by atoms with Gasteiger partial charge in [0.25, 0.3) is 0 Å². The topological polar surface area (TPSA) is 78.9 Å². The van der Waals surface area contributed by atoms with E-state index in [9.17, 15) is 0 Å². The van der Waals surface area contributed by atoms with E-state index in [-0.39, 0.29) is 6.61 Å². The monoisotopic (exact) mass is 381 g/mol. The summed E-state index contributed by atoms with van der Waals surface area (Å²) in [4.78, 5) is 8.65. The van der Waals surface area contributed by atoms with Gasteiger partial charge in [-0.25, -0.2) is 9.97 Å². The summed E-state index contributed by atoms with van der Waals surface area (Å²) in [6.45, 7) is 0.270. The van der Waals surface area contributed by atoms with Gasteiger partial charge in [0.05, 0.1) is 11.6 Å². The van der Waals surface area contributed by atoms with E-state index in [1.807, 2.05) is 31.3 Å². The van der Waals surface area contributed by atoms with E-state index in [0.29, 0.717) is 17.3 Å². The molecule has 3 rings (SSSR count). The molecule has 0 aliphatic heterocycles. The average Bonchev–Trinajstić information content (AvgIpc) is 2.81. The fourth-order valence-corrected chi connectivity index (χ4v) is 2.19. The third-order valence-corrected chi connectivity index (χ3v) is 3.57. The molecule has 0 spiro atoms. The van der Waals surface area contributed by atoms with Crippen LogP contribution in [0.15, 0.2) is 30.5 Å². The van der Waals surface area contributed by atoms with Crippen molar-refractivity contribution in [2.24, 2.45) is 7.05 Å². The highest BCUT2D eigenvalue weighted by Crippen LogP contribution is 2.18. The smallest absolute Gasteiger partial charge is 0.170 e. The van der Waals surface area contributed by atoms with Crippen molar-refractivity contribution >= 4 is 39.4 Å². The molecule has 0 unspecified atom stereocenters. The largest absolute Gasteiger partial charge is 0.486 e. The molecule has 7 heteroatoms. The minimum absolute atomic E-state index is 0.270. The van der Waals surface area contributed by atoms with Crippen LogP contribution in [0.25, 0.3) is 11.0 Å². The average molecular weight is 381 g/mol. The van der Waals surface area contributed by atoms with E-state index in [4.69, 9.17) is 10.5 Å². The molecule has 2 aromatic heterocycles. The molecule has 2 N–H and O–H groups in total. The van der Waals surface area contributed by atoms with Gasteiger partial charge in [0, 0.05) is 10.6 Å². The Labute approximate surface area is 129 Å². The summed E-state index contributed by atoms with van der Waals surface area (Å²) in [5, 5.41) is 4.87. The number of nitrogen functional groups attached to an aromatic ring is 1. The number of halogens is 1. The van der Waals surface area contributed by atoms with Gasteiger partial charge in [-0.15, -0.1) is 0 Å². The van der Waals surface area contributed by atoms with Gasteiger partial charge in [-0.05, 0) is 46.9 Å². The summed E-state index contributed by atoms with van der Waals surface area (Å²) < 4.78 is 8.48. The molecule has 0 fully saturated rings. The fraction of sp³-hybridized carbons (Fsp3) is 0.154. The zero-order valence-corrected chi connectivity index (χ0v) is 12.9. The van der Waals surface area contributed by atoms with Crippen LogP contribution >= 0.6 is 22.6 Å². The summed E-state index contributed by atoms with van der Waals surface area (Å²) in [5.74, 6) is 1.74. The van der Waals surface area contributed by atoms with Crippen LogP contribution in [0.2, 0.25) is 0 Å². The normalized spacial score (nSPS) is 10.9. The molecule has 102 valence electrons. The molecule has 0 bridgehead atoms. The number of nitrogens with two attached hydrogens (primary N) is 1. The van der Waals surface area contributed by atoms with Gasteiger partial charge >= 0.3 is 0 Å². The molecule has 0 aliphatic carbocycles. The number of hydrogen-bond acceptors (Lipinski definition) is 5. The van der Waals surface area contributed by atoms with Gasteiger partial charge in [-0.2, -0.15) is 5.10 Å². The maximum Gasteiger partial charge on any atom is 0.170 e. The molecular weight excluding hydrogens is 369 g/mol. The molecule has 1 aromatic carbocycles. The van der Waals surface area contributed by atoms with Crippen LogP contribution in [0.4, 0.5) is 5.82 Å². The molecule has 0 atom stereocenters. The minimum atomic E-state index is 0.270. The molecule has 3 aromatic rings. The first-order valence-corrected chi connectivity index (χ1v) is 7.04. The van der Waals surface area contributed by atoms with Crippen LogP contribution in [0, 0.1) is 3.57 Å². The molecule has 0 amide bonds. The number of ether oxygens (including phenoxy) is 1. The van der Waals surface area contributed by atoms with Crippen LogP contribution in [-0.2, 0) is 13.7 Å². The molecule has 0 radical (unpaired) electrons. The van der Waals surface area contributed by atoms with E-state index >= 15 is 0 Å². The van der Waals surface area contributed by atoms with E-state index in [2.05, 4.69) is 37.7 Å². The first kappa shape index (κ1) is 13.1. The molecule has 6 nitrogen and oxygen atoms in total. The second-order valence-electron chi connectivity index (χ2n) is 4.27. The minimum Gasteiger partial charge on any atom is -0.486 e. The number of hydrogen-bond donors (Lipinski definition) is 1. The van der Waals surface area contributed by atoms with Gasteiger partial charge in [0.1, 0.15) is 18.2 Å². The lowest BCUT2D eigenvalue weighted by Gasteiger charge is -2.06. The Morgan fingerprint density at radius 3 is 2.75 bits per heavy atom. The number of rotatable bonds is 3. The van der Waals surface area contributed by atoms with Crippen LogP contribution < -0.4 is 10.5 Å². The Balaban J connectivity index is 1.83. The Hall–Kier alpha value is -1.90. The molecule has 20 heavy (non-hydrogen) atoms. The van der Waals surface area contributed by atoms with Gasteiger partial charge in [-0.3, -0.25) is 4.68 Å². The van der Waals surface area contributed by atoms with Crippen molar-refractivity contribution < 1.29 is 4.74 Å². The number of nitrogens with zero attached hydrogens (tertiary/aromatic N) is 4. The quantitative estimate of drug-likeness (QED) is 0.704. The van der Waals surface area contributed by atoms with Crippen molar-refractivity contribution in [1.82, 2.24) is 19.7 Å². The van der Waals surface area contributed by atoms with E-state index in [0.717, 1.165) is 14.7 Å². The fourth-order valence-electron chi connectivity index (χ4n) is 1.83. The van der Waals surface area contributed by atoms with Gasteiger partial charge in [0.15, 0.2) is 11.5 Å². The summed E-state index contributed by atoms with van der Waals surface area (Å²) in [7, 11) is 1.82. The van der Waals surface area contributed by atoms with Crippen molar-refractivity contribution in [2.75, 3.05) is 5.73 Å². The van der Waals surface area contributed by atoms with Crippen molar-refractivity contribution in [2.45, 2.75) is 6.61 Å². The highest BCUT2D eigenvalue weighted by atomic mass is 127. The predicted molar refractivity (Wildman–Crippen MR) is 84.2 cm³/mol. The van der Waals surface area contributed by atoms with Gasteiger partial charge < -0.3 is 10.5 Å². The number of fused-ring (bicyclic) bond motifs is 1. The first-order chi connectivity index (χ1) is 9.63. The van der Waals surface area contributed by atoms with Crippen molar-refractivity contribution in [1.29, 1.82) is 0 Å². The lowest BCUT2D eigenvalue weighted by molar-refractivity contribution is 0.296. The molecular formula is C13H12IN5O. The number of aromatic nitrogens is 4. The van der Waals surface area contributed by atoms with Crippen molar-refractivity contribution in [3.8, 4) is 5.75 Å². The molecule has 2 heterocycles. The van der Waals surface area contributed by atoms with E-state index < -0.39 is 0 Å². The second kappa shape index (κ2) is 5.23. The van der Waals surface area contributed by atoms with Crippen LogP contribution in [-0.4, -0.2) is 19.7 Å². The maximum atomic E-state index is 5.90. The Morgan fingerprint density at radius 1 is 1.25 bits per heavy atom. The van der Waals surface area contributed by atoms with Crippen molar-refractivity contribution in [3.05, 3.63) is 39.9 Å². The zero-order valence-electron chi connectivity index (χ0n) is 10.7.